The molecule has 1 saturated heterocycles. The highest BCUT2D eigenvalue weighted by atomic mass is 16.5. The summed E-state index contributed by atoms with van der Waals surface area (Å²) in [6, 6.07) is 19.5. The largest absolute Gasteiger partial charge is 0.497 e. The van der Waals surface area contributed by atoms with Crippen LogP contribution in [0.5, 0.6) is 11.5 Å². The van der Waals surface area contributed by atoms with Crippen LogP contribution >= 0.6 is 0 Å². The predicted octanol–water partition coefficient (Wildman–Crippen LogP) is 4.23. The van der Waals surface area contributed by atoms with E-state index in [1.54, 1.807) is 14.2 Å². The lowest BCUT2D eigenvalue weighted by molar-refractivity contribution is 0.130. The van der Waals surface area contributed by atoms with E-state index in [4.69, 9.17) is 9.47 Å². The molecule has 0 unspecified atom stereocenters. The van der Waals surface area contributed by atoms with Crippen molar-refractivity contribution in [3.8, 4) is 17.6 Å². The maximum absolute atomic E-state index is 10.0. The van der Waals surface area contributed by atoms with E-state index in [1.807, 2.05) is 30.3 Å². The molecule has 5 nitrogen and oxygen atoms in total. The summed E-state index contributed by atoms with van der Waals surface area (Å²) in [6.07, 6.45) is 3.96. The number of piperazine rings is 1. The van der Waals surface area contributed by atoms with Gasteiger partial charge in [-0.2, -0.15) is 5.26 Å². The third-order valence-electron chi connectivity index (χ3n) is 6.90. The lowest BCUT2D eigenvalue weighted by atomic mass is 9.69. The minimum Gasteiger partial charge on any atom is -0.497 e. The molecule has 0 bridgehead atoms. The average Bonchev–Trinajstić information content (AvgIpc) is 2.84. The Morgan fingerprint density at radius 2 is 1.67 bits per heavy atom. The zero-order valence-electron chi connectivity index (χ0n) is 18.0. The van der Waals surface area contributed by atoms with Crippen molar-refractivity contribution in [1.29, 1.82) is 5.26 Å². The molecule has 0 N–H and O–H groups in total. The van der Waals surface area contributed by atoms with Gasteiger partial charge >= 0.3 is 0 Å². The molecule has 2 aliphatic rings. The van der Waals surface area contributed by atoms with Gasteiger partial charge in [0.2, 0.25) is 0 Å². The maximum atomic E-state index is 10.0. The van der Waals surface area contributed by atoms with Crippen LogP contribution in [0.1, 0.15) is 31.2 Å². The Morgan fingerprint density at radius 3 is 2.33 bits per heavy atom. The average molecular weight is 406 g/mol. The minimum absolute atomic E-state index is 0.385. The lowest BCUT2D eigenvalue weighted by Gasteiger charge is -2.44. The molecule has 0 atom stereocenters. The summed E-state index contributed by atoms with van der Waals surface area (Å²) in [5.41, 5.74) is 1.90. The molecule has 0 radical (unpaired) electrons. The third kappa shape index (κ3) is 3.97. The molecule has 2 aromatic carbocycles. The third-order valence-corrected chi connectivity index (χ3v) is 6.90. The molecule has 158 valence electrons. The molecule has 1 aliphatic carbocycles. The van der Waals surface area contributed by atoms with Crippen LogP contribution in [-0.4, -0.2) is 51.3 Å². The second-order valence-electron chi connectivity index (χ2n) is 8.35. The van der Waals surface area contributed by atoms with E-state index in [9.17, 15) is 5.26 Å². The van der Waals surface area contributed by atoms with Gasteiger partial charge in [-0.05, 0) is 55.5 Å². The Labute approximate surface area is 179 Å². The number of nitriles is 1. The summed E-state index contributed by atoms with van der Waals surface area (Å²) in [5, 5.41) is 10.0. The van der Waals surface area contributed by atoms with E-state index >= 15 is 0 Å². The van der Waals surface area contributed by atoms with Crippen LogP contribution in [0.4, 0.5) is 5.69 Å². The molecule has 2 aromatic rings. The number of ether oxygens (including phenoxy) is 2. The Hall–Kier alpha value is -2.71. The van der Waals surface area contributed by atoms with Crippen LogP contribution in [0.25, 0.3) is 0 Å². The molecule has 0 spiro atoms. The fraction of sp³-hybridized carbons (Fsp3) is 0.480. The van der Waals surface area contributed by atoms with Crippen molar-refractivity contribution in [2.24, 2.45) is 0 Å². The van der Waals surface area contributed by atoms with Crippen LogP contribution in [0.3, 0.4) is 0 Å². The maximum Gasteiger partial charge on any atom is 0.142 e. The van der Waals surface area contributed by atoms with Gasteiger partial charge in [0, 0.05) is 32.2 Å². The van der Waals surface area contributed by atoms with Crippen LogP contribution in [0, 0.1) is 11.3 Å². The monoisotopic (exact) mass is 405 g/mol. The highest BCUT2D eigenvalue weighted by Crippen LogP contribution is 2.41. The predicted molar refractivity (Wildman–Crippen MR) is 119 cm³/mol. The molecule has 4 rings (SSSR count). The second-order valence-corrected chi connectivity index (χ2v) is 8.35. The number of anilines is 1. The van der Waals surface area contributed by atoms with E-state index in [2.05, 4.69) is 34.1 Å². The van der Waals surface area contributed by atoms with E-state index in [0.717, 1.165) is 68.9 Å². The first-order chi connectivity index (χ1) is 14.7. The van der Waals surface area contributed by atoms with E-state index in [0.29, 0.717) is 6.04 Å². The summed E-state index contributed by atoms with van der Waals surface area (Å²) in [6.45, 7) is 4.13. The molecular weight excluding hydrogens is 374 g/mol. The van der Waals surface area contributed by atoms with Crippen molar-refractivity contribution < 1.29 is 9.47 Å². The summed E-state index contributed by atoms with van der Waals surface area (Å²) < 4.78 is 10.9. The lowest BCUT2D eigenvalue weighted by Crippen LogP contribution is -2.52. The molecule has 0 amide bonds. The Kier molecular flexibility index (Phi) is 6.15. The number of methoxy groups -OCH3 is 2. The van der Waals surface area contributed by atoms with Crippen molar-refractivity contribution in [2.75, 3.05) is 45.3 Å². The minimum atomic E-state index is -0.385. The van der Waals surface area contributed by atoms with Gasteiger partial charge in [-0.15, -0.1) is 0 Å². The molecular formula is C25H31N3O2. The van der Waals surface area contributed by atoms with Crippen molar-refractivity contribution >= 4 is 5.69 Å². The van der Waals surface area contributed by atoms with Gasteiger partial charge in [0.05, 0.1) is 31.4 Å². The molecule has 5 heteroatoms. The Morgan fingerprint density at radius 1 is 0.933 bits per heavy atom. The Balaban J connectivity index is 1.37. The highest BCUT2D eigenvalue weighted by molar-refractivity contribution is 5.58. The summed E-state index contributed by atoms with van der Waals surface area (Å²) in [5.74, 6) is 1.78. The van der Waals surface area contributed by atoms with Crippen molar-refractivity contribution in [2.45, 2.75) is 37.1 Å². The van der Waals surface area contributed by atoms with Crippen LogP contribution in [0.2, 0.25) is 0 Å². The molecule has 1 saturated carbocycles. The molecule has 1 aliphatic heterocycles. The fourth-order valence-corrected chi connectivity index (χ4v) is 5.07. The first kappa shape index (κ1) is 20.6. The van der Waals surface area contributed by atoms with Gasteiger partial charge in [-0.1, -0.05) is 24.3 Å². The standard InChI is InChI=1S/C25H31N3O2/c1-29-22-7-5-6-20(18-22)25(19-26)12-10-21(11-13-25)27-14-16-28(17-15-27)23-8-3-4-9-24(23)30-2/h3-9,18,21H,10-17H2,1-2H3/t21-,25-. The number of para-hydroxylation sites is 2. The van der Waals surface area contributed by atoms with Gasteiger partial charge in [0.15, 0.2) is 0 Å². The van der Waals surface area contributed by atoms with Gasteiger partial charge in [0.25, 0.3) is 0 Å². The van der Waals surface area contributed by atoms with Crippen molar-refractivity contribution in [3.05, 3.63) is 54.1 Å². The van der Waals surface area contributed by atoms with E-state index < -0.39 is 0 Å². The normalized spacial score (nSPS) is 24.8. The van der Waals surface area contributed by atoms with Gasteiger partial charge in [0.1, 0.15) is 11.5 Å². The van der Waals surface area contributed by atoms with E-state index in [-0.39, 0.29) is 5.41 Å². The van der Waals surface area contributed by atoms with E-state index in [1.165, 1.54) is 5.69 Å². The molecule has 0 aromatic heterocycles. The van der Waals surface area contributed by atoms with Gasteiger partial charge < -0.3 is 14.4 Å². The first-order valence-corrected chi connectivity index (χ1v) is 10.9. The SMILES string of the molecule is COc1cccc([C@]2(C#N)CC[C@@H](N3CCN(c4ccccc4OC)CC3)CC2)c1. The number of rotatable bonds is 5. The highest BCUT2D eigenvalue weighted by Gasteiger charge is 2.39. The van der Waals surface area contributed by atoms with Gasteiger partial charge in [-0.3, -0.25) is 4.90 Å². The number of benzene rings is 2. The summed E-state index contributed by atoms with van der Waals surface area (Å²) in [4.78, 5) is 5.05. The summed E-state index contributed by atoms with van der Waals surface area (Å²) in [7, 11) is 3.42. The molecule has 1 heterocycles. The summed E-state index contributed by atoms with van der Waals surface area (Å²) >= 11 is 0. The topological polar surface area (TPSA) is 48.7 Å². The van der Waals surface area contributed by atoms with Crippen molar-refractivity contribution in [1.82, 2.24) is 4.90 Å². The first-order valence-electron chi connectivity index (χ1n) is 10.9. The molecule has 2 fully saturated rings. The number of nitrogens with zero attached hydrogens (tertiary/aromatic N) is 3. The molecule has 30 heavy (non-hydrogen) atoms. The van der Waals surface area contributed by atoms with Crippen LogP contribution < -0.4 is 14.4 Å². The fourth-order valence-electron chi connectivity index (χ4n) is 5.07. The second kappa shape index (κ2) is 8.97. The quantitative estimate of drug-likeness (QED) is 0.745. The zero-order valence-corrected chi connectivity index (χ0v) is 18.0. The number of hydrogen-bond donors (Lipinski definition) is 0. The zero-order chi connectivity index (χ0) is 21.0. The van der Waals surface area contributed by atoms with Gasteiger partial charge in [-0.25, -0.2) is 0 Å². The van der Waals surface area contributed by atoms with Crippen LogP contribution in [-0.2, 0) is 5.41 Å². The Bertz CT molecular complexity index is 891. The number of hydrogen-bond acceptors (Lipinski definition) is 5. The van der Waals surface area contributed by atoms with Crippen LogP contribution in [0.15, 0.2) is 48.5 Å². The smallest absolute Gasteiger partial charge is 0.142 e. The van der Waals surface area contributed by atoms with Crippen molar-refractivity contribution in [3.63, 3.8) is 0 Å².